The summed E-state index contributed by atoms with van der Waals surface area (Å²) in [5, 5.41) is 7.17. The highest BCUT2D eigenvalue weighted by molar-refractivity contribution is 9.13. The Labute approximate surface area is 154 Å². The molecule has 3 aromatic rings. The van der Waals surface area contributed by atoms with Crippen molar-refractivity contribution in [1.82, 2.24) is 9.78 Å². The Balaban J connectivity index is 1.70. The van der Waals surface area contributed by atoms with Gasteiger partial charge in [0.1, 0.15) is 0 Å². The van der Waals surface area contributed by atoms with E-state index in [4.69, 9.17) is 0 Å². The molecule has 0 radical (unpaired) electrons. The molecule has 1 aromatic carbocycles. The minimum absolute atomic E-state index is 0.142. The zero-order chi connectivity index (χ0) is 16.4. The van der Waals surface area contributed by atoms with Gasteiger partial charge in [-0.25, -0.2) is 0 Å². The molecule has 0 bridgehead atoms. The number of rotatable bonds is 4. The van der Waals surface area contributed by atoms with Crippen LogP contribution in [0.5, 0.6) is 0 Å². The van der Waals surface area contributed by atoms with Crippen LogP contribution in [0.25, 0.3) is 0 Å². The zero-order valence-electron chi connectivity index (χ0n) is 12.2. The number of carbonyl (C=O) groups excluding carboxylic acids is 1. The number of nitrogens with one attached hydrogen (secondary N) is 1. The van der Waals surface area contributed by atoms with Gasteiger partial charge in [0, 0.05) is 10.7 Å². The van der Waals surface area contributed by atoms with E-state index in [1.54, 1.807) is 12.3 Å². The molecule has 23 heavy (non-hydrogen) atoms. The van der Waals surface area contributed by atoms with Crippen molar-refractivity contribution in [3.05, 3.63) is 67.0 Å². The van der Waals surface area contributed by atoms with Crippen molar-refractivity contribution >= 4 is 54.8 Å². The largest absolute Gasteiger partial charge is 0.319 e. The van der Waals surface area contributed by atoms with Crippen molar-refractivity contribution in [2.24, 2.45) is 0 Å². The van der Waals surface area contributed by atoms with E-state index in [-0.39, 0.29) is 5.91 Å². The van der Waals surface area contributed by atoms with Crippen LogP contribution in [0.4, 0.5) is 5.69 Å². The molecule has 2 aromatic heterocycles. The normalized spacial score (nSPS) is 10.7. The van der Waals surface area contributed by atoms with Gasteiger partial charge >= 0.3 is 0 Å². The molecule has 0 spiro atoms. The van der Waals surface area contributed by atoms with Crippen LogP contribution in [-0.2, 0) is 6.54 Å². The Hall–Kier alpha value is -1.44. The summed E-state index contributed by atoms with van der Waals surface area (Å²) in [5.41, 5.74) is 3.12. The number of benzene rings is 1. The van der Waals surface area contributed by atoms with Crippen molar-refractivity contribution in [1.29, 1.82) is 0 Å². The molecular weight excluding hydrogens is 442 g/mol. The monoisotopic (exact) mass is 453 g/mol. The summed E-state index contributed by atoms with van der Waals surface area (Å²) in [7, 11) is 0. The fraction of sp³-hybridized carbons (Fsp3) is 0.125. The summed E-state index contributed by atoms with van der Waals surface area (Å²) in [6, 6.07) is 9.98. The van der Waals surface area contributed by atoms with E-state index >= 15 is 0 Å². The summed E-state index contributed by atoms with van der Waals surface area (Å²) in [5.74, 6) is -0.142. The van der Waals surface area contributed by atoms with Crippen molar-refractivity contribution in [3.63, 3.8) is 0 Å². The number of anilines is 1. The topological polar surface area (TPSA) is 46.9 Å². The number of hydrogen-bond donors (Lipinski definition) is 1. The third-order valence-electron chi connectivity index (χ3n) is 3.35. The lowest BCUT2D eigenvalue weighted by molar-refractivity contribution is 0.103. The third-order valence-corrected chi connectivity index (χ3v) is 6.61. The van der Waals surface area contributed by atoms with E-state index in [2.05, 4.69) is 61.3 Å². The molecule has 0 saturated heterocycles. The van der Waals surface area contributed by atoms with E-state index < -0.39 is 0 Å². The van der Waals surface area contributed by atoms with Gasteiger partial charge in [0.25, 0.3) is 5.91 Å². The fourth-order valence-electron chi connectivity index (χ4n) is 2.13. The molecule has 118 valence electrons. The molecule has 0 aliphatic heterocycles. The zero-order valence-corrected chi connectivity index (χ0v) is 16.2. The summed E-state index contributed by atoms with van der Waals surface area (Å²) in [4.78, 5) is 12.9. The van der Waals surface area contributed by atoms with Gasteiger partial charge in [-0.15, -0.1) is 11.3 Å². The Morgan fingerprint density at radius 3 is 2.83 bits per heavy atom. The highest BCUT2D eigenvalue weighted by Gasteiger charge is 2.13. The first kappa shape index (κ1) is 16.4. The van der Waals surface area contributed by atoms with Gasteiger partial charge in [-0.3, -0.25) is 9.48 Å². The second kappa shape index (κ2) is 6.98. The molecule has 1 amide bonds. The number of thiophene rings is 1. The second-order valence-electron chi connectivity index (χ2n) is 5.04. The van der Waals surface area contributed by atoms with Gasteiger partial charge < -0.3 is 5.32 Å². The quantitative estimate of drug-likeness (QED) is 0.597. The average Bonchev–Trinajstić information content (AvgIpc) is 3.09. The van der Waals surface area contributed by atoms with Crippen LogP contribution in [0.2, 0.25) is 0 Å². The number of aromatic nitrogens is 2. The Kier molecular flexibility index (Phi) is 4.99. The van der Waals surface area contributed by atoms with Crippen LogP contribution in [0.3, 0.4) is 0 Å². The van der Waals surface area contributed by atoms with Gasteiger partial charge in [-0.05, 0) is 56.0 Å². The first-order chi connectivity index (χ1) is 11.0. The highest BCUT2D eigenvalue weighted by atomic mass is 79.9. The van der Waals surface area contributed by atoms with Crippen molar-refractivity contribution in [3.8, 4) is 0 Å². The SMILES string of the molecule is Cc1ccccc1Cn1cc(NC(=O)c2cc(Br)c(Br)s2)cn1. The summed E-state index contributed by atoms with van der Waals surface area (Å²) in [6.45, 7) is 2.76. The molecule has 0 aliphatic carbocycles. The molecule has 7 heteroatoms. The number of carbonyl (C=O) groups is 1. The molecule has 3 rings (SSSR count). The maximum Gasteiger partial charge on any atom is 0.265 e. The van der Waals surface area contributed by atoms with Gasteiger partial charge in [0.15, 0.2) is 0 Å². The minimum Gasteiger partial charge on any atom is -0.319 e. The summed E-state index contributed by atoms with van der Waals surface area (Å²) >= 11 is 8.16. The second-order valence-corrected chi connectivity index (χ2v) is 8.26. The Bertz CT molecular complexity index is 837. The van der Waals surface area contributed by atoms with E-state index in [0.717, 1.165) is 8.26 Å². The lowest BCUT2D eigenvalue weighted by Gasteiger charge is -2.05. The maximum atomic E-state index is 12.2. The Morgan fingerprint density at radius 2 is 2.13 bits per heavy atom. The van der Waals surface area contributed by atoms with Crippen LogP contribution in [-0.4, -0.2) is 15.7 Å². The lowest BCUT2D eigenvalue weighted by atomic mass is 10.1. The van der Waals surface area contributed by atoms with Crippen molar-refractivity contribution in [2.45, 2.75) is 13.5 Å². The van der Waals surface area contributed by atoms with Crippen LogP contribution in [0.15, 0.2) is 51.0 Å². The molecule has 0 unspecified atom stereocenters. The van der Waals surface area contributed by atoms with Crippen LogP contribution >= 0.6 is 43.2 Å². The summed E-state index contributed by atoms with van der Waals surface area (Å²) < 4.78 is 3.60. The number of aryl methyl sites for hydroxylation is 1. The van der Waals surface area contributed by atoms with E-state index in [1.165, 1.54) is 22.5 Å². The van der Waals surface area contributed by atoms with E-state index in [1.807, 2.05) is 23.0 Å². The Morgan fingerprint density at radius 1 is 1.35 bits per heavy atom. The molecule has 0 fully saturated rings. The van der Waals surface area contributed by atoms with E-state index in [0.29, 0.717) is 17.1 Å². The first-order valence-corrected chi connectivity index (χ1v) is 9.26. The lowest BCUT2D eigenvalue weighted by Crippen LogP contribution is -2.09. The van der Waals surface area contributed by atoms with Crippen LogP contribution in [0, 0.1) is 6.92 Å². The molecule has 4 nitrogen and oxygen atoms in total. The third kappa shape index (κ3) is 3.91. The van der Waals surface area contributed by atoms with E-state index in [9.17, 15) is 4.79 Å². The molecule has 0 aliphatic rings. The van der Waals surface area contributed by atoms with Crippen molar-refractivity contribution < 1.29 is 4.79 Å². The predicted molar refractivity (Wildman–Crippen MR) is 100 cm³/mol. The first-order valence-electron chi connectivity index (χ1n) is 6.86. The van der Waals surface area contributed by atoms with Gasteiger partial charge in [0.05, 0.1) is 27.1 Å². The molecule has 1 N–H and O–H groups in total. The number of halogens is 2. The molecule has 0 saturated carbocycles. The predicted octanol–water partition coefficient (Wildman–Crippen LogP) is 5.08. The summed E-state index contributed by atoms with van der Waals surface area (Å²) in [6.07, 6.45) is 3.50. The molecular formula is C16H13Br2N3OS. The molecule has 0 atom stereocenters. The van der Waals surface area contributed by atoms with Gasteiger partial charge in [0.2, 0.25) is 0 Å². The van der Waals surface area contributed by atoms with Crippen LogP contribution in [0.1, 0.15) is 20.8 Å². The number of hydrogen-bond acceptors (Lipinski definition) is 3. The van der Waals surface area contributed by atoms with Crippen molar-refractivity contribution in [2.75, 3.05) is 5.32 Å². The smallest absolute Gasteiger partial charge is 0.265 e. The maximum absolute atomic E-state index is 12.2. The highest BCUT2D eigenvalue weighted by Crippen LogP contribution is 2.32. The van der Waals surface area contributed by atoms with Crippen LogP contribution < -0.4 is 5.32 Å². The number of amides is 1. The standard InChI is InChI=1S/C16H13Br2N3OS/c1-10-4-2-3-5-11(10)8-21-9-12(7-19-21)20-16(22)14-6-13(17)15(18)23-14/h2-7,9H,8H2,1H3,(H,20,22). The van der Waals surface area contributed by atoms with Gasteiger partial charge in [-0.2, -0.15) is 5.10 Å². The number of nitrogens with zero attached hydrogens (tertiary/aromatic N) is 2. The van der Waals surface area contributed by atoms with Gasteiger partial charge in [-0.1, -0.05) is 24.3 Å². The molecule has 2 heterocycles. The fourth-order valence-corrected chi connectivity index (χ4v) is 4.06. The minimum atomic E-state index is -0.142. The average molecular weight is 455 g/mol.